The molecule has 10 heavy (non-hydrogen) atoms. The van der Waals surface area contributed by atoms with E-state index in [0.29, 0.717) is 5.92 Å². The number of hydrogen-bond acceptors (Lipinski definition) is 2. The average Bonchev–Trinajstić information content (AvgIpc) is 2.34. The molecule has 0 aromatic heterocycles. The average molecular weight is 143 g/mol. The van der Waals surface area contributed by atoms with Gasteiger partial charge >= 0.3 is 6.09 Å². The van der Waals surface area contributed by atoms with Crippen LogP contribution in [0.4, 0.5) is 4.79 Å². The zero-order chi connectivity index (χ0) is 7.56. The minimum absolute atomic E-state index is 0.190. The van der Waals surface area contributed by atoms with Gasteiger partial charge < -0.3 is 9.64 Å². The van der Waals surface area contributed by atoms with Crippen LogP contribution in [0.15, 0.2) is 0 Å². The third-order valence-electron chi connectivity index (χ3n) is 1.86. The molecule has 0 saturated carbocycles. The first kappa shape index (κ1) is 7.38. The summed E-state index contributed by atoms with van der Waals surface area (Å²) in [7, 11) is 1.42. The topological polar surface area (TPSA) is 29.5 Å². The van der Waals surface area contributed by atoms with Gasteiger partial charge in [0.25, 0.3) is 0 Å². The lowest BCUT2D eigenvalue weighted by Crippen LogP contribution is -2.27. The van der Waals surface area contributed by atoms with E-state index in [1.54, 1.807) is 4.90 Å². The molecule has 0 aromatic carbocycles. The quantitative estimate of drug-likeness (QED) is 0.508. The summed E-state index contributed by atoms with van der Waals surface area (Å²) >= 11 is 0. The lowest BCUT2D eigenvalue weighted by Gasteiger charge is -2.12. The Hall–Kier alpha value is -0.730. The first-order valence-corrected chi connectivity index (χ1v) is 3.57. The number of hydrogen-bond donors (Lipinski definition) is 0. The molecular weight excluding hydrogens is 130 g/mol. The Morgan fingerprint density at radius 3 is 2.80 bits per heavy atom. The van der Waals surface area contributed by atoms with E-state index >= 15 is 0 Å². The summed E-state index contributed by atoms with van der Waals surface area (Å²) in [6.07, 6.45) is 0.916. The molecule has 1 heterocycles. The van der Waals surface area contributed by atoms with E-state index in [2.05, 4.69) is 11.7 Å². The summed E-state index contributed by atoms with van der Waals surface area (Å²) in [6.45, 7) is 3.85. The second kappa shape index (κ2) is 2.90. The molecule has 58 valence electrons. The van der Waals surface area contributed by atoms with E-state index in [-0.39, 0.29) is 6.09 Å². The number of amides is 1. The van der Waals surface area contributed by atoms with Crippen LogP contribution in [0.3, 0.4) is 0 Å². The number of methoxy groups -OCH3 is 1. The van der Waals surface area contributed by atoms with Crippen molar-refractivity contribution in [3.05, 3.63) is 0 Å². The van der Waals surface area contributed by atoms with Crippen LogP contribution in [0.25, 0.3) is 0 Å². The standard InChI is InChI=1S/C7H13NO2/c1-6-3-4-8(5-6)7(9)10-2/h6H,3-5H2,1-2H3. The molecule has 1 saturated heterocycles. The number of carbonyl (C=O) groups excluding carboxylic acids is 1. The van der Waals surface area contributed by atoms with Gasteiger partial charge in [-0.25, -0.2) is 4.79 Å². The molecule has 1 aliphatic heterocycles. The minimum Gasteiger partial charge on any atom is -0.453 e. The summed E-state index contributed by atoms with van der Waals surface area (Å²) in [5, 5.41) is 0. The predicted molar refractivity (Wildman–Crippen MR) is 37.8 cm³/mol. The molecule has 1 aliphatic rings. The van der Waals surface area contributed by atoms with Crippen molar-refractivity contribution in [1.82, 2.24) is 4.90 Å². The van der Waals surface area contributed by atoms with Crippen molar-refractivity contribution in [3.63, 3.8) is 0 Å². The number of likely N-dealkylation sites (tertiary alicyclic amines) is 1. The molecule has 1 unspecified atom stereocenters. The van der Waals surface area contributed by atoms with E-state index in [9.17, 15) is 4.79 Å². The van der Waals surface area contributed by atoms with Crippen LogP contribution in [0.2, 0.25) is 0 Å². The highest BCUT2D eigenvalue weighted by molar-refractivity contribution is 5.67. The molecular formula is C7H13NO2. The molecule has 0 aliphatic carbocycles. The SMILES string of the molecule is COC(=O)N1CCC(C)C1. The Labute approximate surface area is 61.0 Å². The Morgan fingerprint density at radius 1 is 1.70 bits per heavy atom. The third-order valence-corrected chi connectivity index (χ3v) is 1.86. The van der Waals surface area contributed by atoms with Gasteiger partial charge in [-0.15, -0.1) is 0 Å². The Morgan fingerprint density at radius 2 is 2.40 bits per heavy atom. The molecule has 1 fully saturated rings. The van der Waals surface area contributed by atoms with E-state index in [4.69, 9.17) is 0 Å². The lowest BCUT2D eigenvalue weighted by atomic mass is 10.2. The zero-order valence-electron chi connectivity index (χ0n) is 6.46. The molecule has 0 radical (unpaired) electrons. The molecule has 0 bridgehead atoms. The smallest absolute Gasteiger partial charge is 0.409 e. The van der Waals surface area contributed by atoms with Gasteiger partial charge in [-0.3, -0.25) is 0 Å². The van der Waals surface area contributed by atoms with Crippen molar-refractivity contribution in [2.45, 2.75) is 13.3 Å². The van der Waals surface area contributed by atoms with Crippen LogP contribution < -0.4 is 0 Å². The van der Waals surface area contributed by atoms with Crippen LogP contribution >= 0.6 is 0 Å². The summed E-state index contributed by atoms with van der Waals surface area (Å²) in [4.78, 5) is 12.6. The van der Waals surface area contributed by atoms with Gasteiger partial charge in [0.05, 0.1) is 7.11 Å². The third kappa shape index (κ3) is 1.40. The van der Waals surface area contributed by atoms with Crippen molar-refractivity contribution >= 4 is 6.09 Å². The summed E-state index contributed by atoms with van der Waals surface area (Å²) < 4.78 is 4.57. The van der Waals surface area contributed by atoms with Gasteiger partial charge in [-0.2, -0.15) is 0 Å². The summed E-state index contributed by atoms with van der Waals surface area (Å²) in [5.74, 6) is 0.638. The predicted octanol–water partition coefficient (Wildman–Crippen LogP) is 1.09. The molecule has 1 rings (SSSR count). The normalized spacial score (nSPS) is 25.0. The largest absolute Gasteiger partial charge is 0.453 e. The van der Waals surface area contributed by atoms with Gasteiger partial charge in [-0.1, -0.05) is 6.92 Å². The highest BCUT2D eigenvalue weighted by Gasteiger charge is 2.23. The monoisotopic (exact) mass is 143 g/mol. The highest BCUT2D eigenvalue weighted by Crippen LogP contribution is 2.15. The first-order chi connectivity index (χ1) is 4.74. The number of ether oxygens (including phenoxy) is 1. The zero-order valence-corrected chi connectivity index (χ0v) is 6.46. The maximum atomic E-state index is 10.9. The fourth-order valence-corrected chi connectivity index (χ4v) is 1.23. The van der Waals surface area contributed by atoms with E-state index in [0.717, 1.165) is 19.5 Å². The minimum atomic E-state index is -0.190. The van der Waals surface area contributed by atoms with Crippen molar-refractivity contribution in [2.75, 3.05) is 20.2 Å². The molecule has 3 heteroatoms. The maximum Gasteiger partial charge on any atom is 0.409 e. The van der Waals surface area contributed by atoms with Gasteiger partial charge in [-0.05, 0) is 12.3 Å². The van der Waals surface area contributed by atoms with Crippen LogP contribution in [0.1, 0.15) is 13.3 Å². The van der Waals surface area contributed by atoms with Gasteiger partial charge in [0.1, 0.15) is 0 Å². The van der Waals surface area contributed by atoms with Crippen LogP contribution in [0.5, 0.6) is 0 Å². The second-order valence-electron chi connectivity index (χ2n) is 2.81. The lowest BCUT2D eigenvalue weighted by molar-refractivity contribution is 0.132. The van der Waals surface area contributed by atoms with Crippen LogP contribution in [-0.4, -0.2) is 31.2 Å². The first-order valence-electron chi connectivity index (χ1n) is 3.57. The molecule has 1 atom stereocenters. The summed E-state index contributed by atoms with van der Waals surface area (Å²) in [5.41, 5.74) is 0. The van der Waals surface area contributed by atoms with Gasteiger partial charge in [0.2, 0.25) is 0 Å². The Kier molecular flexibility index (Phi) is 2.14. The maximum absolute atomic E-state index is 10.9. The van der Waals surface area contributed by atoms with Gasteiger partial charge in [0, 0.05) is 13.1 Å². The van der Waals surface area contributed by atoms with Crippen molar-refractivity contribution in [1.29, 1.82) is 0 Å². The number of carbonyl (C=O) groups is 1. The van der Waals surface area contributed by atoms with Crippen molar-refractivity contribution in [3.8, 4) is 0 Å². The van der Waals surface area contributed by atoms with E-state index < -0.39 is 0 Å². The van der Waals surface area contributed by atoms with Gasteiger partial charge in [0.15, 0.2) is 0 Å². The van der Waals surface area contributed by atoms with Crippen LogP contribution in [0, 0.1) is 5.92 Å². The molecule has 0 aromatic rings. The number of nitrogens with zero attached hydrogens (tertiary/aromatic N) is 1. The van der Waals surface area contributed by atoms with Crippen molar-refractivity contribution in [2.24, 2.45) is 5.92 Å². The molecule has 0 spiro atoms. The van der Waals surface area contributed by atoms with Crippen LogP contribution in [-0.2, 0) is 4.74 Å². The van der Waals surface area contributed by atoms with E-state index in [1.807, 2.05) is 0 Å². The molecule has 3 nitrogen and oxygen atoms in total. The Balaban J connectivity index is 2.37. The molecule has 1 amide bonds. The Bertz CT molecular complexity index is 136. The highest BCUT2D eigenvalue weighted by atomic mass is 16.5. The summed E-state index contributed by atoms with van der Waals surface area (Å²) in [6, 6.07) is 0. The fourth-order valence-electron chi connectivity index (χ4n) is 1.23. The van der Waals surface area contributed by atoms with E-state index in [1.165, 1.54) is 7.11 Å². The number of rotatable bonds is 0. The fraction of sp³-hybridized carbons (Fsp3) is 0.857. The second-order valence-corrected chi connectivity index (χ2v) is 2.81. The molecule has 0 N–H and O–H groups in total. The van der Waals surface area contributed by atoms with Crippen molar-refractivity contribution < 1.29 is 9.53 Å².